The Morgan fingerprint density at radius 2 is 0.851 bits per heavy atom. The maximum atomic E-state index is 6.66. The fourth-order valence-corrected chi connectivity index (χ4v) is 12.1. The second-order valence-corrected chi connectivity index (χ2v) is 15.4. The molecule has 4 unspecified atom stereocenters. The number of hydrogen-bond acceptors (Lipinski definition) is 8. The molecule has 4 fully saturated rings. The van der Waals surface area contributed by atoms with Crippen molar-refractivity contribution in [2.45, 2.75) is 24.2 Å². The van der Waals surface area contributed by atoms with Crippen LogP contribution in [0, 0.1) is 12.1 Å². The van der Waals surface area contributed by atoms with E-state index in [0.29, 0.717) is 26.4 Å². The van der Waals surface area contributed by atoms with E-state index in [4.69, 9.17) is 18.9 Å². The van der Waals surface area contributed by atoms with Crippen molar-refractivity contribution in [3.63, 3.8) is 0 Å². The number of fused-ring (bicyclic) bond motifs is 8. The standard InChI is InChI=1S/C38H26N4O4.Pt/c1-3-7-23(8-4-1)27-13-11-25-15-29(27)33-19-45-37-38-42(22-41(33)37)34(20-46-38)30-16-26(12-14-28(30)24-9-5-2-6-10-24)32-18-44-36-35-39(21-40(32)36)31(25)17-43-35;/h1-14,31-34H,17-20H2;/q-2;. The number of hydrogen-bond donors (Lipinski definition) is 0. The molecule has 4 aromatic carbocycles. The quantitative estimate of drug-likeness (QED) is 0.251. The van der Waals surface area contributed by atoms with Gasteiger partial charge in [0.1, 0.15) is 0 Å². The van der Waals surface area contributed by atoms with Crippen LogP contribution in [-0.2, 0) is 36.6 Å². The molecule has 6 bridgehead atoms. The van der Waals surface area contributed by atoms with Crippen LogP contribution in [0.15, 0.2) is 108 Å². The molecule has 234 valence electrons. The van der Waals surface area contributed by atoms with Gasteiger partial charge in [0.05, 0.1) is 0 Å². The van der Waals surface area contributed by atoms with Gasteiger partial charge in [-0.25, -0.2) is 0 Å². The second kappa shape index (κ2) is 8.96. The van der Waals surface area contributed by atoms with Gasteiger partial charge in [-0.05, 0) is 0 Å². The van der Waals surface area contributed by atoms with Gasteiger partial charge in [0, 0.05) is 0 Å². The molecule has 4 aromatic rings. The predicted molar refractivity (Wildman–Crippen MR) is 168 cm³/mol. The molecule has 8 aliphatic heterocycles. The summed E-state index contributed by atoms with van der Waals surface area (Å²) >= 11 is -0.807. The fraction of sp³-hybridized carbons (Fsp3) is 0.211. The summed E-state index contributed by atoms with van der Waals surface area (Å²) in [5.41, 5.74) is 9.26. The monoisotopic (exact) mass is 797 g/mol. The van der Waals surface area contributed by atoms with Crippen LogP contribution >= 0.6 is 0 Å². The summed E-state index contributed by atoms with van der Waals surface area (Å²) < 4.78 is 28.9. The molecule has 0 radical (unpaired) electrons. The van der Waals surface area contributed by atoms with Gasteiger partial charge in [-0.1, -0.05) is 0 Å². The topological polar surface area (TPSA) is 49.9 Å². The van der Waals surface area contributed by atoms with Crippen LogP contribution in [0.4, 0.5) is 0 Å². The second-order valence-electron chi connectivity index (χ2n) is 12.8. The first-order chi connectivity index (χ1) is 23.3. The molecule has 0 aromatic heterocycles. The zero-order chi connectivity index (χ0) is 30.4. The van der Waals surface area contributed by atoms with E-state index in [1.807, 2.05) is 0 Å². The van der Waals surface area contributed by atoms with Crippen molar-refractivity contribution in [1.29, 1.82) is 0 Å². The Kier molecular flexibility index (Phi) is 4.82. The van der Waals surface area contributed by atoms with Gasteiger partial charge in [-0.2, -0.15) is 0 Å². The van der Waals surface area contributed by atoms with E-state index in [9.17, 15) is 0 Å². The number of ether oxygens (including phenoxy) is 4. The van der Waals surface area contributed by atoms with E-state index in [0.717, 1.165) is 45.8 Å². The Bertz CT molecular complexity index is 2060. The third-order valence-corrected chi connectivity index (χ3v) is 13.6. The Hall–Kier alpha value is -4.81. The fourth-order valence-electron chi connectivity index (χ4n) is 8.26. The molecule has 0 saturated carbocycles. The van der Waals surface area contributed by atoms with Crippen molar-refractivity contribution in [3.05, 3.63) is 143 Å². The normalized spacial score (nSPS) is 26.7. The summed E-state index contributed by atoms with van der Waals surface area (Å²) in [7, 11) is 0. The zero-order valence-corrected chi connectivity index (χ0v) is 27.2. The molecule has 8 nitrogen and oxygen atoms in total. The van der Waals surface area contributed by atoms with Crippen LogP contribution in [0.25, 0.3) is 22.3 Å². The maximum absolute atomic E-state index is 6.66. The number of rotatable bonds is 2. The Morgan fingerprint density at radius 1 is 0.468 bits per heavy atom. The average molecular weight is 798 g/mol. The minimum atomic E-state index is -0.807. The molecule has 0 spiro atoms. The van der Waals surface area contributed by atoms with Gasteiger partial charge in [0.25, 0.3) is 0 Å². The molecular weight excluding hydrogens is 772 g/mol. The Labute approximate surface area is 279 Å². The van der Waals surface area contributed by atoms with Gasteiger partial charge >= 0.3 is 280 Å². The summed E-state index contributed by atoms with van der Waals surface area (Å²) in [6.45, 7) is 2.19. The molecule has 0 N–H and O–H groups in total. The van der Waals surface area contributed by atoms with E-state index >= 15 is 0 Å². The van der Waals surface area contributed by atoms with Crippen molar-refractivity contribution in [1.82, 2.24) is 19.6 Å². The van der Waals surface area contributed by atoms with Crippen LogP contribution < -0.4 is 0 Å². The molecule has 0 amide bonds. The summed E-state index contributed by atoms with van der Waals surface area (Å²) in [4.78, 5) is 9.72. The summed E-state index contributed by atoms with van der Waals surface area (Å²) in [5.74, 6) is 3.29. The summed E-state index contributed by atoms with van der Waals surface area (Å²) in [6.07, 6.45) is 0. The van der Waals surface area contributed by atoms with Crippen molar-refractivity contribution in [2.24, 2.45) is 0 Å². The average Bonchev–Trinajstić information content (AvgIpc) is 3.96. The minimum absolute atomic E-state index is 0.00209. The first-order valence-corrected chi connectivity index (χ1v) is 18.3. The van der Waals surface area contributed by atoms with Crippen molar-refractivity contribution < 1.29 is 36.6 Å². The van der Waals surface area contributed by atoms with Crippen molar-refractivity contribution in [3.8, 4) is 22.3 Å². The van der Waals surface area contributed by atoms with Gasteiger partial charge in [-0.15, -0.1) is 0 Å². The van der Waals surface area contributed by atoms with E-state index < -0.39 is 17.6 Å². The van der Waals surface area contributed by atoms with Gasteiger partial charge in [0.15, 0.2) is 0 Å². The molecule has 47 heavy (non-hydrogen) atoms. The van der Waals surface area contributed by atoms with Gasteiger partial charge in [0.2, 0.25) is 0 Å². The molecule has 12 rings (SSSR count). The summed E-state index contributed by atoms with van der Waals surface area (Å²) in [6, 6.07) is 38.1. The predicted octanol–water partition coefficient (Wildman–Crippen LogP) is 5.38. The molecule has 8 aliphatic rings. The van der Waals surface area contributed by atoms with Crippen LogP contribution in [0.5, 0.6) is 0 Å². The van der Waals surface area contributed by atoms with Gasteiger partial charge in [-0.3, -0.25) is 0 Å². The zero-order valence-electron chi connectivity index (χ0n) is 25.0. The van der Waals surface area contributed by atoms with Crippen molar-refractivity contribution >= 4 is 8.29 Å². The molecule has 8 heterocycles. The first-order valence-electron chi connectivity index (χ1n) is 16.0. The SMILES string of the molecule is [c-]1c2ccc(-c3ccccc3)c1C1COC3=C4OCC5c6[c-]c(ccc6-c6ccccc6)C6COC7=C8OCC2N8[C](=[Pt]=[C](N31)N45)N76. The third-order valence-electron chi connectivity index (χ3n) is 10.4. The first kappa shape index (κ1) is 25.3. The Balaban J connectivity index is 1.16. The molecule has 4 saturated heterocycles. The Morgan fingerprint density at radius 3 is 1.28 bits per heavy atom. The molecule has 0 aliphatic carbocycles. The van der Waals surface area contributed by atoms with E-state index in [2.05, 4.69) is 117 Å². The molecule has 9 heteroatoms. The van der Waals surface area contributed by atoms with Crippen LogP contribution in [0.1, 0.15) is 46.4 Å². The van der Waals surface area contributed by atoms with Crippen molar-refractivity contribution in [2.75, 3.05) is 26.4 Å². The molecule has 4 atom stereocenters. The van der Waals surface area contributed by atoms with Crippen LogP contribution in [-0.4, -0.2) is 54.3 Å². The molecular formula is C38H26N4O4Pt-2. The summed E-state index contributed by atoms with van der Waals surface area (Å²) in [5, 5.41) is 0. The van der Waals surface area contributed by atoms with Crippen LogP contribution in [0.2, 0.25) is 0 Å². The third kappa shape index (κ3) is 3.17. The van der Waals surface area contributed by atoms with E-state index in [-0.39, 0.29) is 24.2 Å². The van der Waals surface area contributed by atoms with Crippen LogP contribution in [0.3, 0.4) is 0 Å². The number of benzene rings is 4. The van der Waals surface area contributed by atoms with E-state index in [1.54, 1.807) is 0 Å². The van der Waals surface area contributed by atoms with E-state index in [1.165, 1.54) is 30.5 Å². The number of nitrogens with zero attached hydrogens (tertiary/aromatic N) is 4. The van der Waals surface area contributed by atoms with Gasteiger partial charge < -0.3 is 0 Å².